The molecular formula is C5H8ClN4+. The van der Waals surface area contributed by atoms with Crippen molar-refractivity contribution in [2.75, 3.05) is 0 Å². The third-order valence-corrected chi connectivity index (χ3v) is 0.859. The van der Waals surface area contributed by atoms with Crippen molar-refractivity contribution < 1.29 is 5.41 Å². The highest BCUT2D eigenvalue weighted by Crippen LogP contribution is 1.82. The van der Waals surface area contributed by atoms with Crippen LogP contribution >= 0.6 is 12.4 Å². The van der Waals surface area contributed by atoms with E-state index in [4.69, 9.17) is 11.1 Å². The van der Waals surface area contributed by atoms with E-state index in [1.807, 2.05) is 0 Å². The number of aromatic nitrogens is 2. The van der Waals surface area contributed by atoms with E-state index in [0.29, 0.717) is 5.69 Å². The van der Waals surface area contributed by atoms with E-state index < -0.39 is 0 Å². The second-order valence-corrected chi connectivity index (χ2v) is 1.55. The fourth-order valence-corrected chi connectivity index (χ4v) is 0.448. The number of nitrogens with zero attached hydrogens (tertiary/aromatic N) is 2. The molecule has 0 aliphatic carbocycles. The van der Waals surface area contributed by atoms with E-state index in [9.17, 15) is 0 Å². The van der Waals surface area contributed by atoms with Crippen molar-refractivity contribution in [3.05, 3.63) is 24.3 Å². The van der Waals surface area contributed by atoms with Crippen LogP contribution in [0.15, 0.2) is 18.6 Å². The Labute approximate surface area is 64.4 Å². The van der Waals surface area contributed by atoms with Crippen LogP contribution in [0.1, 0.15) is 5.69 Å². The molecule has 1 heterocycles. The summed E-state index contributed by atoms with van der Waals surface area (Å²) in [5, 5.41) is 5.21. The molecule has 1 aromatic heterocycles. The fourth-order valence-electron chi connectivity index (χ4n) is 0.448. The maximum absolute atomic E-state index is 5.21. The molecule has 1 rings (SSSR count). The van der Waals surface area contributed by atoms with Crippen molar-refractivity contribution in [1.82, 2.24) is 9.97 Å². The van der Waals surface area contributed by atoms with Crippen LogP contribution < -0.4 is 11.1 Å². The molecule has 0 amide bonds. The van der Waals surface area contributed by atoms with Gasteiger partial charge in [-0.1, -0.05) is 0 Å². The van der Waals surface area contributed by atoms with Crippen molar-refractivity contribution in [2.24, 2.45) is 5.73 Å². The first-order valence-corrected chi connectivity index (χ1v) is 2.45. The Kier molecular flexibility index (Phi) is 3.35. The van der Waals surface area contributed by atoms with E-state index in [1.54, 1.807) is 6.20 Å². The smallest absolute Gasteiger partial charge is 0.286 e. The second kappa shape index (κ2) is 3.79. The molecule has 1 aromatic rings. The van der Waals surface area contributed by atoms with E-state index in [1.165, 1.54) is 12.4 Å². The molecule has 0 aromatic carbocycles. The molecule has 0 saturated carbocycles. The topological polar surface area (TPSA) is 77.4 Å². The lowest BCUT2D eigenvalue weighted by Gasteiger charge is -1.86. The highest BCUT2D eigenvalue weighted by molar-refractivity contribution is 5.89. The Morgan fingerprint density at radius 2 is 2.20 bits per heavy atom. The molecule has 10 heavy (non-hydrogen) atoms. The summed E-state index contributed by atoms with van der Waals surface area (Å²) in [6, 6.07) is 0. The van der Waals surface area contributed by atoms with Gasteiger partial charge >= 0.3 is 0 Å². The summed E-state index contributed by atoms with van der Waals surface area (Å²) in [4.78, 5) is 7.59. The summed E-state index contributed by atoms with van der Waals surface area (Å²) in [6.07, 6.45) is 4.61. The number of halogens is 1. The number of nitrogens with two attached hydrogens (primary N) is 2. The van der Waals surface area contributed by atoms with E-state index >= 15 is 0 Å². The summed E-state index contributed by atoms with van der Waals surface area (Å²) >= 11 is 0. The summed E-state index contributed by atoms with van der Waals surface area (Å²) < 4.78 is 0. The van der Waals surface area contributed by atoms with Gasteiger partial charge in [-0.15, -0.1) is 12.4 Å². The lowest BCUT2D eigenvalue weighted by atomic mass is 10.4. The molecule has 54 valence electrons. The molecule has 0 aliphatic rings. The monoisotopic (exact) mass is 159 g/mol. The van der Waals surface area contributed by atoms with Crippen LogP contribution in [0.25, 0.3) is 0 Å². The fraction of sp³-hybridized carbons (Fsp3) is 0. The van der Waals surface area contributed by atoms with Crippen LogP contribution in [0, 0.1) is 0 Å². The molecule has 0 spiro atoms. The molecule has 5 heteroatoms. The predicted molar refractivity (Wildman–Crippen MR) is 39.5 cm³/mol. The molecule has 0 fully saturated rings. The quantitative estimate of drug-likeness (QED) is 0.381. The first-order valence-electron chi connectivity index (χ1n) is 2.45. The normalized spacial score (nSPS) is 8.00. The van der Waals surface area contributed by atoms with Gasteiger partial charge in [-0.2, -0.15) is 0 Å². The molecule has 4 nitrogen and oxygen atoms in total. The minimum atomic E-state index is 0. The summed E-state index contributed by atoms with van der Waals surface area (Å²) in [6.45, 7) is 0. The van der Waals surface area contributed by atoms with E-state index in [0.717, 1.165) is 0 Å². The van der Waals surface area contributed by atoms with Gasteiger partial charge in [-0.3, -0.25) is 16.1 Å². The van der Waals surface area contributed by atoms with Gasteiger partial charge in [0.1, 0.15) is 0 Å². The van der Waals surface area contributed by atoms with Crippen molar-refractivity contribution in [3.63, 3.8) is 0 Å². The van der Waals surface area contributed by atoms with Crippen LogP contribution in [0.5, 0.6) is 0 Å². The lowest BCUT2D eigenvalue weighted by Crippen LogP contribution is -2.46. The minimum absolute atomic E-state index is 0. The standard InChI is InChI=1S/C5H6N4.ClH/c6-5(7)4-3-8-1-2-9-4;/h1-3H,(H3,6,7);1H/p+1. The number of hydrogen-bond donors (Lipinski definition) is 2. The van der Waals surface area contributed by atoms with Gasteiger partial charge in [0, 0.05) is 12.4 Å². The van der Waals surface area contributed by atoms with Crippen LogP contribution in [0.3, 0.4) is 0 Å². The predicted octanol–water partition coefficient (Wildman–Crippen LogP) is -1.64. The number of rotatable bonds is 1. The van der Waals surface area contributed by atoms with Gasteiger partial charge in [0.25, 0.3) is 5.84 Å². The zero-order valence-electron chi connectivity index (χ0n) is 5.19. The molecule has 0 unspecified atom stereocenters. The zero-order chi connectivity index (χ0) is 6.69. The average molecular weight is 160 g/mol. The second-order valence-electron chi connectivity index (χ2n) is 1.55. The maximum Gasteiger partial charge on any atom is 0.291 e. The van der Waals surface area contributed by atoms with Gasteiger partial charge in [-0.05, 0) is 0 Å². The Balaban J connectivity index is 0.000000810. The Bertz CT molecular complexity index is 210. The maximum atomic E-state index is 5.21. The SMILES string of the molecule is Cl.NC(=[NH2+])c1cnccn1. The summed E-state index contributed by atoms with van der Waals surface area (Å²) in [5.74, 6) is 0.197. The molecule has 0 radical (unpaired) electrons. The third-order valence-electron chi connectivity index (χ3n) is 0.859. The number of amidine groups is 1. The third kappa shape index (κ3) is 1.99. The van der Waals surface area contributed by atoms with Crippen molar-refractivity contribution >= 4 is 18.2 Å². The van der Waals surface area contributed by atoms with Gasteiger partial charge in [0.15, 0.2) is 5.69 Å². The van der Waals surface area contributed by atoms with Gasteiger partial charge < -0.3 is 0 Å². The lowest BCUT2D eigenvalue weighted by molar-refractivity contribution is -0.114. The Hall–Kier alpha value is -1.16. The number of hydrogen-bond acceptors (Lipinski definition) is 2. The molecule has 4 N–H and O–H groups in total. The highest BCUT2D eigenvalue weighted by atomic mass is 35.5. The Morgan fingerprint density at radius 1 is 1.50 bits per heavy atom. The van der Waals surface area contributed by atoms with Gasteiger partial charge in [0.05, 0.1) is 6.20 Å². The zero-order valence-corrected chi connectivity index (χ0v) is 6.01. The summed E-state index contributed by atoms with van der Waals surface area (Å²) in [5.41, 5.74) is 5.73. The van der Waals surface area contributed by atoms with Gasteiger partial charge in [0.2, 0.25) is 0 Å². The van der Waals surface area contributed by atoms with E-state index in [2.05, 4.69) is 9.97 Å². The molecular weight excluding hydrogens is 152 g/mol. The summed E-state index contributed by atoms with van der Waals surface area (Å²) in [7, 11) is 0. The molecule has 0 aliphatic heterocycles. The Morgan fingerprint density at radius 3 is 2.50 bits per heavy atom. The average Bonchev–Trinajstić information content (AvgIpc) is 1.90. The van der Waals surface area contributed by atoms with Crippen LogP contribution in [-0.2, 0) is 0 Å². The van der Waals surface area contributed by atoms with Gasteiger partial charge in [-0.25, -0.2) is 4.98 Å². The van der Waals surface area contributed by atoms with Crippen molar-refractivity contribution in [3.8, 4) is 0 Å². The van der Waals surface area contributed by atoms with Crippen molar-refractivity contribution in [2.45, 2.75) is 0 Å². The first-order chi connectivity index (χ1) is 4.30. The van der Waals surface area contributed by atoms with E-state index in [-0.39, 0.29) is 18.2 Å². The molecule has 0 saturated heterocycles. The molecule has 0 bridgehead atoms. The van der Waals surface area contributed by atoms with Crippen LogP contribution in [0.2, 0.25) is 0 Å². The van der Waals surface area contributed by atoms with Crippen molar-refractivity contribution in [1.29, 1.82) is 0 Å². The highest BCUT2D eigenvalue weighted by Gasteiger charge is 1.99. The van der Waals surface area contributed by atoms with Crippen LogP contribution in [-0.4, -0.2) is 15.8 Å². The minimum Gasteiger partial charge on any atom is -0.286 e. The van der Waals surface area contributed by atoms with Crippen LogP contribution in [0.4, 0.5) is 0 Å². The largest absolute Gasteiger partial charge is 0.291 e. The molecule has 0 atom stereocenters. The first kappa shape index (κ1) is 8.84.